The van der Waals surface area contributed by atoms with E-state index in [1.54, 1.807) is 0 Å². The third-order valence-corrected chi connectivity index (χ3v) is 8.13. The zero-order valence-electron chi connectivity index (χ0n) is 16.5. The van der Waals surface area contributed by atoms with Crippen molar-refractivity contribution in [3.8, 4) is 11.5 Å². The Morgan fingerprint density at radius 1 is 1.00 bits per heavy atom. The van der Waals surface area contributed by atoms with Gasteiger partial charge >= 0.3 is 5.97 Å². The summed E-state index contributed by atoms with van der Waals surface area (Å²) in [7, 11) is 0. The zero-order valence-corrected chi connectivity index (χ0v) is 18.1. The first-order valence-corrected chi connectivity index (χ1v) is 11.4. The number of esters is 1. The van der Waals surface area contributed by atoms with Crippen LogP contribution in [0.25, 0.3) is 10.8 Å². The molecule has 3 aromatic rings. The van der Waals surface area contributed by atoms with E-state index >= 15 is 0 Å². The summed E-state index contributed by atoms with van der Waals surface area (Å²) >= 11 is 3.65. The fraction of sp³-hybridized carbons (Fsp3) is 0.280. The van der Waals surface area contributed by atoms with Gasteiger partial charge < -0.3 is 14.8 Å². The molecule has 1 saturated heterocycles. The second-order valence-corrected chi connectivity index (χ2v) is 9.61. The van der Waals surface area contributed by atoms with Gasteiger partial charge in [0.1, 0.15) is 17.6 Å². The number of rotatable bonds is 4. The van der Waals surface area contributed by atoms with E-state index in [9.17, 15) is 9.59 Å². The van der Waals surface area contributed by atoms with Gasteiger partial charge in [0.2, 0.25) is 5.91 Å². The lowest BCUT2D eigenvalue weighted by atomic mass is 9.79. The monoisotopic (exact) mass is 477 g/mol. The number of hydrogen-bond acceptors (Lipinski definition) is 4. The molecular weight excluding hydrogens is 458 g/mol. The Hall–Kier alpha value is -2.86. The Kier molecular flexibility index (Phi) is 4.32. The van der Waals surface area contributed by atoms with Gasteiger partial charge in [-0.25, -0.2) is 0 Å². The van der Waals surface area contributed by atoms with Crippen LogP contribution in [-0.4, -0.2) is 22.8 Å². The molecule has 156 valence electrons. The van der Waals surface area contributed by atoms with E-state index in [4.69, 9.17) is 9.47 Å². The van der Waals surface area contributed by atoms with Gasteiger partial charge in [0, 0.05) is 17.0 Å². The van der Waals surface area contributed by atoms with Crippen molar-refractivity contribution in [3.05, 3.63) is 66.7 Å². The number of hydrogen-bond donors (Lipinski definition) is 1. The van der Waals surface area contributed by atoms with E-state index < -0.39 is 0 Å². The predicted octanol–water partition coefficient (Wildman–Crippen LogP) is 5.14. The van der Waals surface area contributed by atoms with Crippen molar-refractivity contribution in [1.82, 2.24) is 0 Å². The van der Waals surface area contributed by atoms with Crippen LogP contribution < -0.4 is 10.1 Å². The summed E-state index contributed by atoms with van der Waals surface area (Å²) in [6.07, 6.45) is 0.796. The minimum Gasteiger partial charge on any atom is -0.461 e. The molecule has 2 bridgehead atoms. The summed E-state index contributed by atoms with van der Waals surface area (Å²) in [6.45, 7) is 0. The van der Waals surface area contributed by atoms with Gasteiger partial charge in [-0.3, -0.25) is 9.59 Å². The normalized spacial score (nSPS) is 30.4. The molecular formula is C25H20BrNO4. The maximum atomic E-state index is 13.0. The number of anilines is 1. The highest BCUT2D eigenvalue weighted by Crippen LogP contribution is 2.60. The van der Waals surface area contributed by atoms with E-state index in [0.717, 1.165) is 22.9 Å². The third kappa shape index (κ3) is 2.96. The number of fused-ring (bicyclic) bond motifs is 2. The molecule has 0 unspecified atom stereocenters. The first-order chi connectivity index (χ1) is 15.1. The lowest BCUT2D eigenvalue weighted by molar-refractivity contribution is -0.145. The quantitative estimate of drug-likeness (QED) is 0.417. The number of alkyl halides is 1. The molecule has 3 aromatic carbocycles. The maximum Gasteiger partial charge on any atom is 0.310 e. The van der Waals surface area contributed by atoms with Crippen molar-refractivity contribution in [3.63, 3.8) is 0 Å². The smallest absolute Gasteiger partial charge is 0.310 e. The molecule has 1 heterocycles. The second kappa shape index (κ2) is 7.09. The number of amides is 1. The first-order valence-electron chi connectivity index (χ1n) is 10.5. The highest BCUT2D eigenvalue weighted by Gasteiger charge is 2.67. The molecule has 6 atom stereocenters. The minimum atomic E-state index is -0.341. The van der Waals surface area contributed by atoms with E-state index in [1.165, 1.54) is 0 Å². The Bertz CT molecular complexity index is 1190. The number of halogens is 1. The van der Waals surface area contributed by atoms with Crippen LogP contribution in [0.3, 0.4) is 0 Å². The molecule has 6 rings (SSSR count). The molecule has 2 saturated carbocycles. The van der Waals surface area contributed by atoms with Gasteiger partial charge in [0.05, 0.1) is 16.7 Å². The fourth-order valence-electron chi connectivity index (χ4n) is 5.57. The number of carbonyl (C=O) groups is 2. The SMILES string of the molecule is O=C(Nc1ccc(Oc2cccc3ccccc23)cc1)[C@@H]1[C@H]2C[C@H]3[C@H](OC(=O)[C@H]31)[C@@H]2Br. The van der Waals surface area contributed by atoms with Crippen LogP contribution in [0.4, 0.5) is 5.69 Å². The van der Waals surface area contributed by atoms with Crippen molar-refractivity contribution in [2.24, 2.45) is 23.7 Å². The largest absolute Gasteiger partial charge is 0.461 e. The van der Waals surface area contributed by atoms with Crippen LogP contribution in [0, 0.1) is 23.7 Å². The minimum absolute atomic E-state index is 0.0624. The number of ether oxygens (including phenoxy) is 2. The molecule has 3 aliphatic rings. The van der Waals surface area contributed by atoms with E-state index in [-0.39, 0.29) is 46.5 Å². The summed E-state index contributed by atoms with van der Waals surface area (Å²) in [5, 5.41) is 5.15. The standard InChI is InChI=1S/C25H20BrNO4/c26-22-17-12-18-21(25(29)31-23(18)22)20(17)24(28)27-14-8-10-15(11-9-14)30-19-7-3-5-13-4-1-2-6-16(13)19/h1-11,17-18,20-23H,12H2,(H,27,28)/t17-,18-,20-,21-,22-,23+/m1/s1. The highest BCUT2D eigenvalue weighted by molar-refractivity contribution is 9.09. The molecule has 1 aliphatic heterocycles. The molecule has 1 amide bonds. The second-order valence-electron chi connectivity index (χ2n) is 8.55. The van der Waals surface area contributed by atoms with Gasteiger partial charge in [-0.05, 0) is 48.1 Å². The van der Waals surface area contributed by atoms with Crippen molar-refractivity contribution in [2.45, 2.75) is 17.4 Å². The maximum absolute atomic E-state index is 13.0. The van der Waals surface area contributed by atoms with Crippen molar-refractivity contribution in [1.29, 1.82) is 0 Å². The van der Waals surface area contributed by atoms with Crippen LogP contribution in [0.15, 0.2) is 66.7 Å². The lowest BCUT2D eigenvalue weighted by Crippen LogP contribution is -2.40. The van der Waals surface area contributed by atoms with Gasteiger partial charge in [0.25, 0.3) is 0 Å². The number of nitrogens with one attached hydrogen (secondary N) is 1. The van der Waals surface area contributed by atoms with E-state index in [2.05, 4.69) is 33.4 Å². The van der Waals surface area contributed by atoms with Gasteiger partial charge in [-0.15, -0.1) is 0 Å². The zero-order chi connectivity index (χ0) is 21.1. The van der Waals surface area contributed by atoms with Gasteiger partial charge in [-0.1, -0.05) is 52.3 Å². The van der Waals surface area contributed by atoms with Crippen LogP contribution in [0.2, 0.25) is 0 Å². The van der Waals surface area contributed by atoms with Crippen molar-refractivity contribution >= 4 is 44.3 Å². The number of carbonyl (C=O) groups excluding carboxylic acids is 2. The molecule has 3 fully saturated rings. The van der Waals surface area contributed by atoms with E-state index in [1.807, 2.05) is 54.6 Å². The molecule has 0 radical (unpaired) electrons. The summed E-state index contributed by atoms with van der Waals surface area (Å²) in [5.41, 5.74) is 0.687. The molecule has 1 N–H and O–H groups in total. The summed E-state index contributed by atoms with van der Waals surface area (Å²) in [6, 6.07) is 21.4. The highest BCUT2D eigenvalue weighted by atomic mass is 79.9. The Morgan fingerprint density at radius 2 is 1.77 bits per heavy atom. The van der Waals surface area contributed by atoms with Gasteiger partial charge in [-0.2, -0.15) is 0 Å². The van der Waals surface area contributed by atoms with Crippen LogP contribution in [-0.2, 0) is 14.3 Å². The Morgan fingerprint density at radius 3 is 2.61 bits per heavy atom. The molecule has 0 spiro atoms. The molecule has 0 aromatic heterocycles. The van der Waals surface area contributed by atoms with Crippen molar-refractivity contribution in [2.75, 3.05) is 5.32 Å². The molecule has 2 aliphatic carbocycles. The summed E-state index contributed by atoms with van der Waals surface area (Å²) in [5.74, 6) is 0.798. The average Bonchev–Trinajstić information content (AvgIpc) is 3.40. The predicted molar refractivity (Wildman–Crippen MR) is 120 cm³/mol. The molecule has 31 heavy (non-hydrogen) atoms. The Balaban J connectivity index is 1.18. The Labute approximate surface area is 187 Å². The number of benzene rings is 3. The van der Waals surface area contributed by atoms with E-state index in [0.29, 0.717) is 11.4 Å². The third-order valence-electron chi connectivity index (χ3n) is 6.93. The molecule has 5 nitrogen and oxygen atoms in total. The topological polar surface area (TPSA) is 64.6 Å². The van der Waals surface area contributed by atoms with Crippen molar-refractivity contribution < 1.29 is 19.1 Å². The lowest BCUT2D eigenvalue weighted by Gasteiger charge is -2.27. The summed E-state index contributed by atoms with van der Waals surface area (Å²) < 4.78 is 11.6. The molecule has 6 heteroatoms. The first kappa shape index (κ1) is 18.9. The van der Waals surface area contributed by atoms with Gasteiger partial charge in [0.15, 0.2) is 0 Å². The average molecular weight is 478 g/mol. The van der Waals surface area contributed by atoms with Crippen LogP contribution in [0.1, 0.15) is 6.42 Å². The fourth-order valence-corrected chi connectivity index (χ4v) is 6.62. The summed E-state index contributed by atoms with van der Waals surface area (Å²) in [4.78, 5) is 25.4. The van der Waals surface area contributed by atoms with Crippen LogP contribution in [0.5, 0.6) is 11.5 Å². The van der Waals surface area contributed by atoms with Crippen LogP contribution >= 0.6 is 15.9 Å².